The van der Waals surface area contributed by atoms with Gasteiger partial charge in [-0.2, -0.15) is 0 Å². The standard InChI is InChI=1S/C20H21N3O4S2/c1-27-18-6-4-3-5-15(18)9-12-19(24)22-20-21-17(13-28-20)14-7-10-16(11-8-14)23-29(2,25)26/h3-8,10-11,13,23H,9,12H2,1-2H3,(H,21,22,24). The first-order valence-electron chi connectivity index (χ1n) is 8.79. The Morgan fingerprint density at radius 3 is 2.55 bits per heavy atom. The highest BCUT2D eigenvalue weighted by molar-refractivity contribution is 7.92. The topological polar surface area (TPSA) is 97.4 Å². The Labute approximate surface area is 173 Å². The minimum Gasteiger partial charge on any atom is -0.496 e. The summed E-state index contributed by atoms with van der Waals surface area (Å²) in [4.78, 5) is 16.7. The molecular weight excluding hydrogens is 410 g/mol. The highest BCUT2D eigenvalue weighted by Gasteiger charge is 2.10. The molecule has 0 atom stereocenters. The van der Waals surface area contributed by atoms with Gasteiger partial charge in [-0.3, -0.25) is 9.52 Å². The number of hydrogen-bond acceptors (Lipinski definition) is 6. The number of rotatable bonds is 8. The van der Waals surface area contributed by atoms with Crippen molar-refractivity contribution in [3.63, 3.8) is 0 Å². The van der Waals surface area contributed by atoms with Crippen molar-refractivity contribution in [1.29, 1.82) is 0 Å². The van der Waals surface area contributed by atoms with E-state index in [1.54, 1.807) is 31.4 Å². The molecule has 0 spiro atoms. The summed E-state index contributed by atoms with van der Waals surface area (Å²) in [5, 5.41) is 5.18. The Morgan fingerprint density at radius 2 is 1.86 bits per heavy atom. The zero-order chi connectivity index (χ0) is 20.9. The van der Waals surface area contributed by atoms with E-state index in [2.05, 4.69) is 15.0 Å². The van der Waals surface area contributed by atoms with E-state index >= 15 is 0 Å². The normalized spacial score (nSPS) is 11.1. The quantitative estimate of drug-likeness (QED) is 0.566. The molecule has 1 aromatic heterocycles. The minimum absolute atomic E-state index is 0.121. The number of aromatic nitrogens is 1. The number of thiazole rings is 1. The molecule has 2 aromatic carbocycles. The van der Waals surface area contributed by atoms with Crippen molar-refractivity contribution in [1.82, 2.24) is 4.98 Å². The molecule has 0 aliphatic rings. The maximum atomic E-state index is 12.3. The predicted molar refractivity (Wildman–Crippen MR) is 116 cm³/mol. The van der Waals surface area contributed by atoms with E-state index < -0.39 is 10.0 Å². The van der Waals surface area contributed by atoms with Crippen molar-refractivity contribution >= 4 is 38.1 Å². The average molecular weight is 432 g/mol. The van der Waals surface area contributed by atoms with E-state index in [1.807, 2.05) is 29.6 Å². The Morgan fingerprint density at radius 1 is 1.14 bits per heavy atom. The molecule has 0 saturated carbocycles. The first-order valence-corrected chi connectivity index (χ1v) is 11.6. The van der Waals surface area contributed by atoms with Crippen molar-refractivity contribution in [3.8, 4) is 17.0 Å². The number of amides is 1. The van der Waals surface area contributed by atoms with Crippen LogP contribution in [-0.2, 0) is 21.2 Å². The smallest absolute Gasteiger partial charge is 0.229 e. The maximum absolute atomic E-state index is 12.3. The molecule has 0 fully saturated rings. The van der Waals surface area contributed by atoms with Crippen molar-refractivity contribution < 1.29 is 17.9 Å². The second-order valence-electron chi connectivity index (χ2n) is 6.35. The third-order valence-electron chi connectivity index (χ3n) is 4.05. The van der Waals surface area contributed by atoms with Crippen LogP contribution >= 0.6 is 11.3 Å². The van der Waals surface area contributed by atoms with Gasteiger partial charge in [0.05, 0.1) is 19.1 Å². The second kappa shape index (κ2) is 9.06. The fourth-order valence-corrected chi connectivity index (χ4v) is 4.03. The van der Waals surface area contributed by atoms with Crippen molar-refractivity contribution in [2.45, 2.75) is 12.8 Å². The van der Waals surface area contributed by atoms with Crippen LogP contribution in [0.3, 0.4) is 0 Å². The molecule has 3 rings (SSSR count). The van der Waals surface area contributed by atoms with Crippen molar-refractivity contribution in [2.75, 3.05) is 23.4 Å². The number of benzene rings is 2. The zero-order valence-electron chi connectivity index (χ0n) is 16.0. The van der Waals surface area contributed by atoms with Crippen LogP contribution < -0.4 is 14.8 Å². The fraction of sp³-hybridized carbons (Fsp3) is 0.200. The monoisotopic (exact) mass is 431 g/mol. The molecule has 152 valence electrons. The number of anilines is 2. The number of nitrogens with zero attached hydrogens (tertiary/aromatic N) is 1. The number of carbonyl (C=O) groups excluding carboxylic acids is 1. The summed E-state index contributed by atoms with van der Waals surface area (Å²) in [6.45, 7) is 0. The van der Waals surface area contributed by atoms with Gasteiger partial charge in [0.2, 0.25) is 15.9 Å². The van der Waals surface area contributed by atoms with E-state index in [-0.39, 0.29) is 5.91 Å². The molecule has 0 saturated heterocycles. The minimum atomic E-state index is -3.31. The fourth-order valence-electron chi connectivity index (χ4n) is 2.73. The van der Waals surface area contributed by atoms with Crippen LogP contribution in [0.2, 0.25) is 0 Å². The Bertz CT molecular complexity index is 1090. The summed E-state index contributed by atoms with van der Waals surface area (Å²) in [6, 6.07) is 14.5. The van der Waals surface area contributed by atoms with Crippen LogP contribution in [0.15, 0.2) is 53.9 Å². The van der Waals surface area contributed by atoms with Crippen LogP contribution in [0.25, 0.3) is 11.3 Å². The summed E-state index contributed by atoms with van der Waals surface area (Å²) >= 11 is 1.34. The van der Waals surface area contributed by atoms with Crippen LogP contribution in [0.1, 0.15) is 12.0 Å². The molecule has 1 heterocycles. The van der Waals surface area contributed by atoms with Gasteiger partial charge in [0, 0.05) is 23.1 Å². The zero-order valence-corrected chi connectivity index (χ0v) is 17.6. The number of methoxy groups -OCH3 is 1. The number of nitrogens with one attached hydrogen (secondary N) is 2. The molecule has 0 bridgehead atoms. The molecule has 29 heavy (non-hydrogen) atoms. The highest BCUT2D eigenvalue weighted by Crippen LogP contribution is 2.26. The van der Waals surface area contributed by atoms with E-state index in [9.17, 15) is 13.2 Å². The lowest BCUT2D eigenvalue weighted by Crippen LogP contribution is -2.12. The van der Waals surface area contributed by atoms with Gasteiger partial charge >= 0.3 is 0 Å². The molecule has 1 amide bonds. The van der Waals surface area contributed by atoms with E-state index in [1.165, 1.54) is 11.3 Å². The van der Waals surface area contributed by atoms with E-state index in [4.69, 9.17) is 4.74 Å². The van der Waals surface area contributed by atoms with Crippen LogP contribution in [0, 0.1) is 0 Å². The van der Waals surface area contributed by atoms with Gasteiger partial charge in [0.15, 0.2) is 5.13 Å². The van der Waals surface area contributed by atoms with Crippen molar-refractivity contribution in [2.24, 2.45) is 0 Å². The van der Waals surface area contributed by atoms with Gasteiger partial charge in [0.1, 0.15) is 5.75 Å². The second-order valence-corrected chi connectivity index (χ2v) is 8.96. The summed E-state index contributed by atoms with van der Waals surface area (Å²) in [7, 11) is -1.70. The molecule has 9 heteroatoms. The van der Waals surface area contributed by atoms with Gasteiger partial charge < -0.3 is 10.1 Å². The molecule has 0 radical (unpaired) electrons. The number of hydrogen-bond donors (Lipinski definition) is 2. The summed E-state index contributed by atoms with van der Waals surface area (Å²) in [5.41, 5.74) is 3.00. The number of para-hydroxylation sites is 1. The number of ether oxygens (including phenoxy) is 1. The Hall–Kier alpha value is -2.91. The van der Waals surface area contributed by atoms with Gasteiger partial charge in [-0.1, -0.05) is 30.3 Å². The summed E-state index contributed by atoms with van der Waals surface area (Å²) < 4.78 is 30.3. The largest absolute Gasteiger partial charge is 0.496 e. The van der Waals surface area contributed by atoms with Crippen LogP contribution in [0.5, 0.6) is 5.75 Å². The third-order valence-corrected chi connectivity index (χ3v) is 5.41. The summed E-state index contributed by atoms with van der Waals surface area (Å²) in [6.07, 6.45) is 1.99. The average Bonchev–Trinajstić information content (AvgIpc) is 3.14. The van der Waals surface area contributed by atoms with Gasteiger partial charge in [-0.15, -0.1) is 11.3 Å². The first kappa shape index (κ1) is 20.8. The predicted octanol–water partition coefficient (Wildman–Crippen LogP) is 3.76. The maximum Gasteiger partial charge on any atom is 0.229 e. The van der Waals surface area contributed by atoms with Gasteiger partial charge in [-0.25, -0.2) is 13.4 Å². The van der Waals surface area contributed by atoms with E-state index in [0.717, 1.165) is 23.1 Å². The lowest BCUT2D eigenvalue weighted by molar-refractivity contribution is -0.116. The van der Waals surface area contributed by atoms with Crippen molar-refractivity contribution in [3.05, 3.63) is 59.5 Å². The number of aryl methyl sites for hydroxylation is 1. The molecule has 0 aliphatic heterocycles. The SMILES string of the molecule is COc1ccccc1CCC(=O)Nc1nc(-c2ccc(NS(C)(=O)=O)cc2)cs1. The third kappa shape index (κ3) is 6.03. The molecule has 0 unspecified atom stereocenters. The molecule has 0 aliphatic carbocycles. The number of sulfonamides is 1. The lowest BCUT2D eigenvalue weighted by Gasteiger charge is -2.07. The van der Waals surface area contributed by atoms with Gasteiger partial charge in [-0.05, 0) is 30.2 Å². The van der Waals surface area contributed by atoms with E-state index in [0.29, 0.717) is 29.4 Å². The first-order chi connectivity index (χ1) is 13.8. The molecule has 3 aromatic rings. The molecule has 2 N–H and O–H groups in total. The molecule has 7 nitrogen and oxygen atoms in total. The Kier molecular flexibility index (Phi) is 6.50. The lowest BCUT2D eigenvalue weighted by atomic mass is 10.1. The van der Waals surface area contributed by atoms with Crippen LogP contribution in [0.4, 0.5) is 10.8 Å². The molecular formula is C20H21N3O4S2. The number of carbonyl (C=O) groups is 1. The van der Waals surface area contributed by atoms with Crippen LogP contribution in [-0.4, -0.2) is 32.7 Å². The van der Waals surface area contributed by atoms with Gasteiger partial charge in [0.25, 0.3) is 0 Å². The summed E-state index contributed by atoms with van der Waals surface area (Å²) in [5.74, 6) is 0.648. The highest BCUT2D eigenvalue weighted by atomic mass is 32.2. The Balaban J connectivity index is 1.59.